The first kappa shape index (κ1) is 23.4. The molecule has 0 aliphatic carbocycles. The SMILES string of the molecule is Cc1ccccc1N1C[C@@H](c2nnc(NC(=O)c3cccc(NC(=O)c4ccccc4)c3)s2)CC1=O. The van der Waals surface area contributed by atoms with Crippen molar-refractivity contribution in [3.05, 3.63) is 101 Å². The number of hydrogen-bond acceptors (Lipinski definition) is 6. The van der Waals surface area contributed by atoms with Crippen molar-refractivity contribution in [1.82, 2.24) is 10.2 Å². The van der Waals surface area contributed by atoms with Gasteiger partial charge in [0.25, 0.3) is 11.8 Å². The molecule has 5 rings (SSSR count). The summed E-state index contributed by atoms with van der Waals surface area (Å²) < 4.78 is 0. The van der Waals surface area contributed by atoms with Crippen molar-refractivity contribution in [3.63, 3.8) is 0 Å². The van der Waals surface area contributed by atoms with Gasteiger partial charge in [0.15, 0.2) is 0 Å². The summed E-state index contributed by atoms with van der Waals surface area (Å²) >= 11 is 1.27. The lowest BCUT2D eigenvalue weighted by Gasteiger charge is -2.18. The number of carbonyl (C=O) groups excluding carboxylic acids is 3. The first-order valence-corrected chi connectivity index (χ1v) is 12.3. The average Bonchev–Trinajstić information content (AvgIpc) is 3.51. The summed E-state index contributed by atoms with van der Waals surface area (Å²) in [6.45, 7) is 2.51. The second-order valence-electron chi connectivity index (χ2n) is 8.49. The first-order chi connectivity index (χ1) is 17.5. The van der Waals surface area contributed by atoms with Crippen LogP contribution in [0.5, 0.6) is 0 Å². The molecule has 36 heavy (non-hydrogen) atoms. The zero-order chi connectivity index (χ0) is 25.1. The maximum Gasteiger partial charge on any atom is 0.257 e. The molecule has 1 aromatic heterocycles. The van der Waals surface area contributed by atoms with Gasteiger partial charge in [-0.05, 0) is 48.9 Å². The van der Waals surface area contributed by atoms with E-state index in [0.29, 0.717) is 39.9 Å². The molecule has 180 valence electrons. The van der Waals surface area contributed by atoms with E-state index in [9.17, 15) is 14.4 Å². The fourth-order valence-corrected chi connectivity index (χ4v) is 4.95. The summed E-state index contributed by atoms with van der Waals surface area (Å²) in [7, 11) is 0. The third-order valence-electron chi connectivity index (χ3n) is 5.96. The van der Waals surface area contributed by atoms with Gasteiger partial charge in [0.2, 0.25) is 11.0 Å². The van der Waals surface area contributed by atoms with Crippen molar-refractivity contribution in [2.45, 2.75) is 19.3 Å². The van der Waals surface area contributed by atoms with E-state index in [-0.39, 0.29) is 23.6 Å². The van der Waals surface area contributed by atoms with Crippen molar-refractivity contribution < 1.29 is 14.4 Å². The Balaban J connectivity index is 1.24. The van der Waals surface area contributed by atoms with Crippen molar-refractivity contribution in [1.29, 1.82) is 0 Å². The predicted molar refractivity (Wildman–Crippen MR) is 140 cm³/mol. The molecule has 0 saturated carbocycles. The molecule has 4 aromatic rings. The summed E-state index contributed by atoms with van der Waals surface area (Å²) in [5.41, 5.74) is 3.36. The summed E-state index contributed by atoms with van der Waals surface area (Å²) in [4.78, 5) is 39.7. The molecule has 0 radical (unpaired) electrons. The minimum absolute atomic E-state index is 0.0458. The largest absolute Gasteiger partial charge is 0.322 e. The molecule has 2 heterocycles. The molecule has 9 heteroatoms. The Bertz CT molecular complexity index is 1440. The molecule has 0 bridgehead atoms. The molecule has 1 saturated heterocycles. The van der Waals surface area contributed by atoms with E-state index in [0.717, 1.165) is 11.3 Å². The van der Waals surface area contributed by atoms with Crippen LogP contribution < -0.4 is 15.5 Å². The number of carbonyl (C=O) groups is 3. The molecular formula is C27H23N5O3S. The topological polar surface area (TPSA) is 104 Å². The Morgan fingerprint density at radius 2 is 1.61 bits per heavy atom. The highest BCUT2D eigenvalue weighted by Gasteiger charge is 2.34. The van der Waals surface area contributed by atoms with E-state index in [1.807, 2.05) is 37.3 Å². The number of hydrogen-bond donors (Lipinski definition) is 2. The highest BCUT2D eigenvalue weighted by atomic mass is 32.1. The van der Waals surface area contributed by atoms with Gasteiger partial charge in [-0.1, -0.05) is 53.8 Å². The zero-order valence-electron chi connectivity index (χ0n) is 19.5. The van der Waals surface area contributed by atoms with Crippen LogP contribution in [-0.4, -0.2) is 34.5 Å². The van der Waals surface area contributed by atoms with Crippen LogP contribution in [0, 0.1) is 6.92 Å². The summed E-state index contributed by atoms with van der Waals surface area (Å²) in [6.07, 6.45) is 0.347. The Kier molecular flexibility index (Phi) is 6.55. The Hall–Kier alpha value is -4.37. The van der Waals surface area contributed by atoms with E-state index in [1.165, 1.54) is 11.3 Å². The maximum atomic E-state index is 12.8. The lowest BCUT2D eigenvalue weighted by molar-refractivity contribution is -0.117. The Morgan fingerprint density at radius 1 is 0.889 bits per heavy atom. The average molecular weight is 498 g/mol. The molecular weight excluding hydrogens is 474 g/mol. The second-order valence-corrected chi connectivity index (χ2v) is 9.50. The quantitative estimate of drug-likeness (QED) is 0.395. The van der Waals surface area contributed by atoms with Gasteiger partial charge >= 0.3 is 0 Å². The van der Waals surface area contributed by atoms with Gasteiger partial charge in [-0.2, -0.15) is 0 Å². The fourth-order valence-electron chi connectivity index (χ4n) is 4.12. The number of amides is 3. The summed E-state index contributed by atoms with van der Waals surface area (Å²) in [5.74, 6) is -0.661. The number of anilines is 3. The van der Waals surface area contributed by atoms with Crippen LogP contribution in [0.15, 0.2) is 78.9 Å². The fraction of sp³-hybridized carbons (Fsp3) is 0.148. The van der Waals surface area contributed by atoms with E-state index < -0.39 is 0 Å². The number of para-hydroxylation sites is 1. The van der Waals surface area contributed by atoms with Crippen molar-refractivity contribution in [2.75, 3.05) is 22.1 Å². The lowest BCUT2D eigenvalue weighted by Crippen LogP contribution is -2.25. The van der Waals surface area contributed by atoms with Crippen LogP contribution in [0.3, 0.4) is 0 Å². The molecule has 3 amide bonds. The smallest absolute Gasteiger partial charge is 0.257 e. The maximum absolute atomic E-state index is 12.8. The molecule has 0 unspecified atom stereocenters. The van der Waals surface area contributed by atoms with Crippen LogP contribution in [0.4, 0.5) is 16.5 Å². The monoisotopic (exact) mass is 497 g/mol. The standard InChI is InChI=1S/C27H23N5O3S/c1-17-8-5-6-13-22(17)32-16-20(15-23(32)33)26-30-31-27(36-26)29-25(35)19-11-7-12-21(14-19)28-24(34)18-9-3-2-4-10-18/h2-14,20H,15-16H2,1H3,(H,28,34)(H,29,31,35)/t20-/m0/s1. The first-order valence-electron chi connectivity index (χ1n) is 11.4. The molecule has 1 aliphatic rings. The van der Waals surface area contributed by atoms with Gasteiger partial charge < -0.3 is 10.2 Å². The molecule has 3 aromatic carbocycles. The van der Waals surface area contributed by atoms with Crippen LogP contribution in [-0.2, 0) is 4.79 Å². The highest BCUT2D eigenvalue weighted by Crippen LogP contribution is 2.35. The summed E-state index contributed by atoms with van der Waals surface area (Å²) in [6, 6.07) is 23.3. The van der Waals surface area contributed by atoms with Crippen molar-refractivity contribution in [2.24, 2.45) is 0 Å². The number of aryl methyl sites for hydroxylation is 1. The lowest BCUT2D eigenvalue weighted by atomic mass is 10.1. The van der Waals surface area contributed by atoms with Gasteiger partial charge in [0.1, 0.15) is 5.01 Å². The Labute approximate surface area is 212 Å². The number of nitrogens with zero attached hydrogens (tertiary/aromatic N) is 3. The second kappa shape index (κ2) is 10.1. The van der Waals surface area contributed by atoms with E-state index in [1.54, 1.807) is 53.4 Å². The third-order valence-corrected chi connectivity index (χ3v) is 6.96. The highest BCUT2D eigenvalue weighted by molar-refractivity contribution is 7.15. The van der Waals surface area contributed by atoms with Gasteiger partial charge in [-0.25, -0.2) is 0 Å². The van der Waals surface area contributed by atoms with Crippen LogP contribution >= 0.6 is 11.3 Å². The van der Waals surface area contributed by atoms with Crippen LogP contribution in [0.1, 0.15) is 43.6 Å². The third kappa shape index (κ3) is 5.01. The van der Waals surface area contributed by atoms with Crippen molar-refractivity contribution >= 4 is 45.6 Å². The van der Waals surface area contributed by atoms with Gasteiger partial charge in [-0.3, -0.25) is 19.7 Å². The van der Waals surface area contributed by atoms with E-state index in [4.69, 9.17) is 0 Å². The molecule has 1 atom stereocenters. The number of nitrogens with one attached hydrogen (secondary N) is 2. The van der Waals surface area contributed by atoms with Crippen molar-refractivity contribution in [3.8, 4) is 0 Å². The minimum Gasteiger partial charge on any atom is -0.322 e. The number of rotatable bonds is 6. The molecule has 2 N–H and O–H groups in total. The number of benzene rings is 3. The van der Waals surface area contributed by atoms with Gasteiger partial charge in [0.05, 0.1) is 0 Å². The number of aromatic nitrogens is 2. The van der Waals surface area contributed by atoms with Crippen LogP contribution in [0.2, 0.25) is 0 Å². The minimum atomic E-state index is -0.363. The van der Waals surface area contributed by atoms with Crippen LogP contribution in [0.25, 0.3) is 0 Å². The van der Waals surface area contributed by atoms with Gasteiger partial charge in [0, 0.05) is 41.4 Å². The molecule has 0 spiro atoms. The summed E-state index contributed by atoms with van der Waals surface area (Å²) in [5, 5.41) is 15.0. The van der Waals surface area contributed by atoms with E-state index >= 15 is 0 Å². The molecule has 8 nitrogen and oxygen atoms in total. The van der Waals surface area contributed by atoms with E-state index in [2.05, 4.69) is 20.8 Å². The molecule has 1 aliphatic heterocycles. The molecule has 1 fully saturated rings. The predicted octanol–water partition coefficient (Wildman–Crippen LogP) is 4.87. The Morgan fingerprint density at radius 3 is 2.42 bits per heavy atom. The zero-order valence-corrected chi connectivity index (χ0v) is 20.3. The normalized spacial score (nSPS) is 15.1. The van der Waals surface area contributed by atoms with Gasteiger partial charge in [-0.15, -0.1) is 10.2 Å².